The van der Waals surface area contributed by atoms with Crippen LogP contribution in [0.5, 0.6) is 0 Å². The van der Waals surface area contributed by atoms with Crippen molar-refractivity contribution in [2.75, 3.05) is 13.1 Å². The van der Waals surface area contributed by atoms with Crippen molar-refractivity contribution in [3.05, 3.63) is 34.2 Å². The molecule has 1 aliphatic heterocycles. The summed E-state index contributed by atoms with van der Waals surface area (Å²) in [5.74, 6) is -1.06. The largest absolute Gasteiger partial charge is 0.369 e. The number of primary amides is 1. The molecule has 5 nitrogen and oxygen atoms in total. The molecule has 1 saturated heterocycles. The monoisotopic (exact) mass is 367 g/mol. The van der Waals surface area contributed by atoms with Crippen molar-refractivity contribution in [3.8, 4) is 0 Å². The van der Waals surface area contributed by atoms with Gasteiger partial charge in [-0.25, -0.2) is 4.39 Å². The van der Waals surface area contributed by atoms with E-state index in [1.54, 1.807) is 17.9 Å². The van der Waals surface area contributed by atoms with E-state index in [9.17, 15) is 14.0 Å². The Bertz CT molecular complexity index is 788. The highest BCUT2D eigenvalue weighted by molar-refractivity contribution is 9.10. The summed E-state index contributed by atoms with van der Waals surface area (Å²) in [6, 6.07) is 4.57. The number of hydrogen-bond acceptors (Lipinski definition) is 2. The van der Waals surface area contributed by atoms with Gasteiger partial charge in [-0.2, -0.15) is 0 Å². The van der Waals surface area contributed by atoms with Gasteiger partial charge in [0.05, 0.1) is 10.9 Å². The van der Waals surface area contributed by atoms with Crippen LogP contribution >= 0.6 is 15.9 Å². The van der Waals surface area contributed by atoms with Crippen molar-refractivity contribution in [2.24, 2.45) is 11.1 Å². The maximum atomic E-state index is 13.9. The van der Waals surface area contributed by atoms with Crippen molar-refractivity contribution in [2.45, 2.75) is 13.3 Å². The number of aromatic amines is 1. The van der Waals surface area contributed by atoms with Gasteiger partial charge in [0.2, 0.25) is 5.91 Å². The molecular weight excluding hydrogens is 353 g/mol. The number of hydrogen-bond donors (Lipinski definition) is 2. The van der Waals surface area contributed by atoms with Gasteiger partial charge in [0.1, 0.15) is 11.5 Å². The standard InChI is InChI=1S/C15H15BrFN3O2/c1-15(14(18)22)2-3-20(7-15)13(21)12-6-9-10(17)4-8(16)5-11(9)19-12/h4-6,19H,2-3,7H2,1H3,(H2,18,22). The quantitative estimate of drug-likeness (QED) is 0.854. The number of benzene rings is 1. The van der Waals surface area contributed by atoms with E-state index in [0.717, 1.165) is 0 Å². The predicted octanol–water partition coefficient (Wildman–Crippen LogP) is 2.41. The summed E-state index contributed by atoms with van der Waals surface area (Å²) in [4.78, 5) is 28.5. The molecule has 0 radical (unpaired) electrons. The van der Waals surface area contributed by atoms with Gasteiger partial charge in [-0.05, 0) is 31.5 Å². The Hall–Kier alpha value is -1.89. The molecule has 2 aromatic rings. The number of carbonyl (C=O) groups excluding carboxylic acids is 2. The molecule has 1 aliphatic rings. The smallest absolute Gasteiger partial charge is 0.270 e. The van der Waals surface area contributed by atoms with Gasteiger partial charge in [-0.3, -0.25) is 9.59 Å². The first-order valence-corrected chi connectivity index (χ1v) is 7.66. The zero-order chi connectivity index (χ0) is 16.1. The van der Waals surface area contributed by atoms with Crippen LogP contribution in [0.15, 0.2) is 22.7 Å². The number of nitrogens with zero attached hydrogens (tertiary/aromatic N) is 1. The minimum absolute atomic E-state index is 0.253. The molecule has 0 saturated carbocycles. The van der Waals surface area contributed by atoms with Crippen LogP contribution < -0.4 is 5.73 Å². The van der Waals surface area contributed by atoms with Crippen LogP contribution in [-0.4, -0.2) is 34.8 Å². The Morgan fingerprint density at radius 1 is 1.41 bits per heavy atom. The van der Waals surface area contributed by atoms with Crippen LogP contribution in [0.3, 0.4) is 0 Å². The summed E-state index contributed by atoms with van der Waals surface area (Å²) in [7, 11) is 0. The Labute approximate surface area is 134 Å². The molecule has 3 N–H and O–H groups in total. The third-order valence-corrected chi connectivity index (χ3v) is 4.70. The number of carbonyl (C=O) groups is 2. The number of amides is 2. The zero-order valence-electron chi connectivity index (χ0n) is 12.0. The molecule has 1 unspecified atom stereocenters. The van der Waals surface area contributed by atoms with Gasteiger partial charge in [0.15, 0.2) is 0 Å². The lowest BCUT2D eigenvalue weighted by Gasteiger charge is -2.20. The molecular formula is C15H15BrFN3O2. The fraction of sp³-hybridized carbons (Fsp3) is 0.333. The van der Waals surface area contributed by atoms with Gasteiger partial charge in [0.25, 0.3) is 5.91 Å². The minimum Gasteiger partial charge on any atom is -0.369 e. The van der Waals surface area contributed by atoms with Crippen LogP contribution in [-0.2, 0) is 4.79 Å². The summed E-state index contributed by atoms with van der Waals surface area (Å²) in [6.07, 6.45) is 0.536. The second kappa shape index (κ2) is 5.08. The number of likely N-dealkylation sites (tertiary alicyclic amines) is 1. The van der Waals surface area contributed by atoms with Gasteiger partial charge >= 0.3 is 0 Å². The summed E-state index contributed by atoms with van der Waals surface area (Å²) in [6.45, 7) is 2.49. The van der Waals surface area contributed by atoms with Crippen LogP contribution in [0, 0.1) is 11.2 Å². The van der Waals surface area contributed by atoms with E-state index < -0.39 is 17.1 Å². The summed E-state index contributed by atoms with van der Waals surface area (Å²) in [5.41, 5.74) is 5.55. The molecule has 0 spiro atoms. The average molecular weight is 368 g/mol. The molecule has 22 heavy (non-hydrogen) atoms. The number of nitrogens with one attached hydrogen (secondary N) is 1. The molecule has 1 aromatic carbocycles. The number of fused-ring (bicyclic) bond motifs is 1. The van der Waals surface area contributed by atoms with Gasteiger partial charge in [0, 0.05) is 22.9 Å². The molecule has 1 fully saturated rings. The van der Waals surface area contributed by atoms with Crippen molar-refractivity contribution < 1.29 is 14.0 Å². The van der Waals surface area contributed by atoms with E-state index in [1.807, 2.05) is 0 Å². The first kappa shape index (κ1) is 15.0. The summed E-state index contributed by atoms with van der Waals surface area (Å²) in [5, 5.41) is 0.364. The van der Waals surface area contributed by atoms with Crippen LogP contribution in [0.4, 0.5) is 4.39 Å². The summed E-state index contributed by atoms with van der Waals surface area (Å²) < 4.78 is 14.5. The number of rotatable bonds is 2. The van der Waals surface area contributed by atoms with Crippen molar-refractivity contribution in [3.63, 3.8) is 0 Å². The molecule has 2 heterocycles. The number of aromatic nitrogens is 1. The molecule has 1 aromatic heterocycles. The third kappa shape index (κ3) is 2.39. The highest BCUT2D eigenvalue weighted by atomic mass is 79.9. The number of H-pyrrole nitrogens is 1. The zero-order valence-corrected chi connectivity index (χ0v) is 13.5. The molecule has 0 aliphatic carbocycles. The van der Waals surface area contributed by atoms with E-state index in [1.165, 1.54) is 12.1 Å². The fourth-order valence-corrected chi connectivity index (χ4v) is 3.21. The molecule has 2 amide bonds. The van der Waals surface area contributed by atoms with Crippen LogP contribution in [0.1, 0.15) is 23.8 Å². The molecule has 116 valence electrons. The molecule has 0 bridgehead atoms. The maximum absolute atomic E-state index is 13.9. The lowest BCUT2D eigenvalue weighted by molar-refractivity contribution is -0.126. The average Bonchev–Trinajstić information content (AvgIpc) is 3.03. The lowest BCUT2D eigenvalue weighted by atomic mass is 9.89. The van der Waals surface area contributed by atoms with E-state index in [2.05, 4.69) is 20.9 Å². The second-order valence-corrected chi connectivity index (χ2v) is 6.85. The lowest BCUT2D eigenvalue weighted by Crippen LogP contribution is -2.38. The van der Waals surface area contributed by atoms with Gasteiger partial charge < -0.3 is 15.6 Å². The third-order valence-electron chi connectivity index (χ3n) is 4.24. The predicted molar refractivity (Wildman–Crippen MR) is 83.8 cm³/mol. The topological polar surface area (TPSA) is 79.2 Å². The van der Waals surface area contributed by atoms with E-state index in [0.29, 0.717) is 34.0 Å². The van der Waals surface area contributed by atoms with Crippen LogP contribution in [0.25, 0.3) is 10.9 Å². The van der Waals surface area contributed by atoms with Crippen molar-refractivity contribution >= 4 is 38.6 Å². The Morgan fingerprint density at radius 2 is 2.14 bits per heavy atom. The Balaban J connectivity index is 1.90. The highest BCUT2D eigenvalue weighted by Gasteiger charge is 2.41. The normalized spacial score (nSPS) is 21.5. The number of halogens is 2. The first-order valence-electron chi connectivity index (χ1n) is 6.87. The Morgan fingerprint density at radius 3 is 2.77 bits per heavy atom. The summed E-state index contributed by atoms with van der Waals surface area (Å²) >= 11 is 3.22. The highest BCUT2D eigenvalue weighted by Crippen LogP contribution is 2.31. The Kier molecular flexibility index (Phi) is 3.47. The number of nitrogens with two attached hydrogens (primary N) is 1. The first-order chi connectivity index (χ1) is 10.3. The van der Waals surface area contributed by atoms with Crippen molar-refractivity contribution in [1.29, 1.82) is 0 Å². The van der Waals surface area contributed by atoms with Crippen molar-refractivity contribution in [1.82, 2.24) is 9.88 Å². The maximum Gasteiger partial charge on any atom is 0.270 e. The van der Waals surface area contributed by atoms with Crippen LogP contribution in [0.2, 0.25) is 0 Å². The molecule has 1 atom stereocenters. The van der Waals surface area contributed by atoms with E-state index in [-0.39, 0.29) is 12.5 Å². The SMILES string of the molecule is CC1(C(N)=O)CCN(C(=O)c2cc3c(F)cc(Br)cc3[nH]2)C1. The van der Waals surface area contributed by atoms with E-state index >= 15 is 0 Å². The minimum atomic E-state index is -0.698. The molecule has 3 rings (SSSR count). The van der Waals surface area contributed by atoms with Gasteiger partial charge in [-0.1, -0.05) is 15.9 Å². The van der Waals surface area contributed by atoms with Gasteiger partial charge in [-0.15, -0.1) is 0 Å². The molecule has 7 heteroatoms. The fourth-order valence-electron chi connectivity index (χ4n) is 2.78. The van der Waals surface area contributed by atoms with E-state index in [4.69, 9.17) is 5.73 Å². The second-order valence-electron chi connectivity index (χ2n) is 5.93.